The molecule has 0 saturated carbocycles. The highest BCUT2D eigenvalue weighted by atomic mass is 16.5. The number of hydrogen-bond donors (Lipinski definition) is 2. The zero-order valence-electron chi connectivity index (χ0n) is 6.62. The fraction of sp³-hybridized carbons (Fsp3) is 0.833. The van der Waals surface area contributed by atoms with Crippen LogP contribution in [0.25, 0.3) is 0 Å². The number of carbonyl (C=O) groups is 1. The van der Waals surface area contributed by atoms with Crippen LogP contribution in [0.15, 0.2) is 0 Å². The van der Waals surface area contributed by atoms with Crippen LogP contribution in [0.5, 0.6) is 0 Å². The van der Waals surface area contributed by atoms with Crippen LogP contribution in [0.3, 0.4) is 0 Å². The molecular weight excluding hydrogens is 147 g/mol. The first kappa shape index (κ1) is 10.5. The molecule has 0 aromatic heterocycles. The molecule has 11 heavy (non-hydrogen) atoms. The molecule has 0 saturated heterocycles. The maximum atomic E-state index is 10.5. The van der Waals surface area contributed by atoms with Gasteiger partial charge in [0, 0.05) is 6.42 Å². The Hall–Kier alpha value is -0.545. The Morgan fingerprint density at radius 1 is 1.45 bits per heavy atom. The number of rotatable bonds is 5. The lowest BCUT2D eigenvalue weighted by Gasteiger charge is -1.98. The predicted molar refractivity (Wildman–Crippen MR) is 40.9 cm³/mol. The molecule has 0 unspecified atom stereocenters. The minimum absolute atomic E-state index is 0.252. The number of methoxy groups -OCH3 is 1. The van der Waals surface area contributed by atoms with Crippen LogP contribution in [0, 0.1) is 0 Å². The van der Waals surface area contributed by atoms with E-state index in [1.165, 1.54) is 7.11 Å². The van der Waals surface area contributed by atoms with Crippen molar-refractivity contribution in [3.8, 4) is 0 Å². The lowest BCUT2D eigenvalue weighted by atomic mass is 9.83. The van der Waals surface area contributed by atoms with E-state index in [0.717, 1.165) is 0 Å². The van der Waals surface area contributed by atoms with Crippen molar-refractivity contribution >= 4 is 13.1 Å². The minimum atomic E-state index is -1.26. The third kappa shape index (κ3) is 7.35. The molecule has 0 aliphatic heterocycles. The standard InChI is InChI=1S/C6H13BO4/c1-11-6(8)4-2-3-5-7(9)10/h9-10H,2-5H2,1H3. The normalized spacial score (nSPS) is 9.36. The molecule has 0 spiro atoms. The maximum absolute atomic E-state index is 10.5. The van der Waals surface area contributed by atoms with Gasteiger partial charge in [-0.3, -0.25) is 4.79 Å². The minimum Gasteiger partial charge on any atom is -0.469 e. The SMILES string of the molecule is COC(=O)CCCCB(O)O. The molecular formula is C6H13BO4. The Morgan fingerprint density at radius 2 is 2.09 bits per heavy atom. The Balaban J connectivity index is 3.08. The van der Waals surface area contributed by atoms with E-state index in [0.29, 0.717) is 25.6 Å². The highest BCUT2D eigenvalue weighted by Gasteiger charge is 2.06. The van der Waals surface area contributed by atoms with E-state index in [1.807, 2.05) is 0 Å². The number of esters is 1. The van der Waals surface area contributed by atoms with Gasteiger partial charge in [0.25, 0.3) is 0 Å². The van der Waals surface area contributed by atoms with Gasteiger partial charge in [0.2, 0.25) is 0 Å². The van der Waals surface area contributed by atoms with Gasteiger partial charge < -0.3 is 14.8 Å². The summed E-state index contributed by atoms with van der Waals surface area (Å²) in [6.07, 6.45) is 1.94. The van der Waals surface area contributed by atoms with Crippen molar-refractivity contribution in [3.63, 3.8) is 0 Å². The predicted octanol–water partition coefficient (Wildman–Crippen LogP) is -0.198. The first-order chi connectivity index (χ1) is 5.16. The average molecular weight is 160 g/mol. The average Bonchev–Trinajstić information content (AvgIpc) is 1.97. The van der Waals surface area contributed by atoms with Crippen LogP contribution in [0.4, 0.5) is 0 Å². The third-order valence-corrected chi connectivity index (χ3v) is 1.32. The third-order valence-electron chi connectivity index (χ3n) is 1.32. The lowest BCUT2D eigenvalue weighted by molar-refractivity contribution is -0.140. The zero-order valence-corrected chi connectivity index (χ0v) is 6.62. The Kier molecular flexibility index (Phi) is 5.88. The van der Waals surface area contributed by atoms with Crippen LogP contribution in [0.1, 0.15) is 19.3 Å². The van der Waals surface area contributed by atoms with E-state index in [1.54, 1.807) is 0 Å². The fourth-order valence-corrected chi connectivity index (χ4v) is 0.698. The summed E-state index contributed by atoms with van der Waals surface area (Å²) in [5.41, 5.74) is 0. The number of carbonyl (C=O) groups excluding carboxylic acids is 1. The topological polar surface area (TPSA) is 66.8 Å². The van der Waals surface area contributed by atoms with Gasteiger partial charge in [-0.1, -0.05) is 6.42 Å². The van der Waals surface area contributed by atoms with Crippen LogP contribution in [-0.4, -0.2) is 30.2 Å². The van der Waals surface area contributed by atoms with Gasteiger partial charge in [-0.25, -0.2) is 0 Å². The molecule has 0 radical (unpaired) electrons. The number of hydrogen-bond acceptors (Lipinski definition) is 4. The van der Waals surface area contributed by atoms with Crippen molar-refractivity contribution in [1.29, 1.82) is 0 Å². The second-order valence-electron chi connectivity index (χ2n) is 2.30. The first-order valence-electron chi connectivity index (χ1n) is 3.59. The van der Waals surface area contributed by atoms with E-state index in [-0.39, 0.29) is 5.97 Å². The molecule has 64 valence electrons. The molecule has 0 bridgehead atoms. The molecule has 0 aliphatic rings. The van der Waals surface area contributed by atoms with Crippen molar-refractivity contribution in [3.05, 3.63) is 0 Å². The Labute approximate surface area is 66.3 Å². The van der Waals surface area contributed by atoms with Crippen molar-refractivity contribution < 1.29 is 19.6 Å². The summed E-state index contributed by atoms with van der Waals surface area (Å²) < 4.78 is 4.39. The quantitative estimate of drug-likeness (QED) is 0.332. The summed E-state index contributed by atoms with van der Waals surface area (Å²) in [7, 11) is 0.0797. The summed E-state index contributed by atoms with van der Waals surface area (Å²) in [6, 6.07) is 0. The van der Waals surface area contributed by atoms with Gasteiger partial charge in [0.1, 0.15) is 0 Å². The van der Waals surface area contributed by atoms with Gasteiger partial charge in [-0.05, 0) is 12.7 Å². The molecule has 0 fully saturated rings. The van der Waals surface area contributed by atoms with Crippen LogP contribution >= 0.6 is 0 Å². The largest absolute Gasteiger partial charge is 0.469 e. The van der Waals surface area contributed by atoms with Gasteiger partial charge in [0.15, 0.2) is 0 Å². The summed E-state index contributed by atoms with van der Waals surface area (Å²) in [4.78, 5) is 10.5. The molecule has 0 atom stereocenters. The molecule has 0 rings (SSSR count). The first-order valence-corrected chi connectivity index (χ1v) is 3.59. The van der Waals surface area contributed by atoms with Gasteiger partial charge in [-0.15, -0.1) is 0 Å². The summed E-state index contributed by atoms with van der Waals surface area (Å²) in [5, 5.41) is 16.8. The van der Waals surface area contributed by atoms with E-state index in [9.17, 15) is 4.79 Å². The van der Waals surface area contributed by atoms with E-state index in [2.05, 4.69) is 4.74 Å². The van der Waals surface area contributed by atoms with Gasteiger partial charge in [0.05, 0.1) is 7.11 Å². The highest BCUT2D eigenvalue weighted by Crippen LogP contribution is 2.02. The summed E-state index contributed by atoms with van der Waals surface area (Å²) in [6.45, 7) is 0. The Morgan fingerprint density at radius 3 is 2.55 bits per heavy atom. The van der Waals surface area contributed by atoms with Crippen molar-refractivity contribution in [2.75, 3.05) is 7.11 Å². The van der Waals surface area contributed by atoms with E-state index in [4.69, 9.17) is 10.0 Å². The van der Waals surface area contributed by atoms with E-state index < -0.39 is 7.12 Å². The van der Waals surface area contributed by atoms with Crippen LogP contribution in [-0.2, 0) is 9.53 Å². The number of ether oxygens (including phenoxy) is 1. The second kappa shape index (κ2) is 6.18. The smallest absolute Gasteiger partial charge is 0.451 e. The lowest BCUT2D eigenvalue weighted by Crippen LogP contribution is -2.10. The van der Waals surface area contributed by atoms with Gasteiger partial charge >= 0.3 is 13.1 Å². The Bertz CT molecular complexity index is 115. The molecule has 5 heteroatoms. The second-order valence-corrected chi connectivity index (χ2v) is 2.30. The molecule has 0 aromatic carbocycles. The molecule has 4 nitrogen and oxygen atoms in total. The molecule has 2 N–H and O–H groups in total. The molecule has 0 heterocycles. The zero-order chi connectivity index (χ0) is 8.69. The van der Waals surface area contributed by atoms with Crippen molar-refractivity contribution in [2.45, 2.75) is 25.6 Å². The monoisotopic (exact) mass is 160 g/mol. The fourth-order valence-electron chi connectivity index (χ4n) is 0.698. The molecule has 0 aromatic rings. The highest BCUT2D eigenvalue weighted by molar-refractivity contribution is 6.40. The molecule has 0 aliphatic carbocycles. The van der Waals surface area contributed by atoms with Gasteiger partial charge in [-0.2, -0.15) is 0 Å². The van der Waals surface area contributed by atoms with Crippen molar-refractivity contribution in [1.82, 2.24) is 0 Å². The van der Waals surface area contributed by atoms with Crippen molar-refractivity contribution in [2.24, 2.45) is 0 Å². The van der Waals surface area contributed by atoms with Crippen LogP contribution < -0.4 is 0 Å². The number of unbranched alkanes of at least 4 members (excludes halogenated alkanes) is 1. The maximum Gasteiger partial charge on any atom is 0.451 e. The van der Waals surface area contributed by atoms with Crippen LogP contribution in [0.2, 0.25) is 6.32 Å². The molecule has 0 amide bonds. The summed E-state index contributed by atoms with van der Waals surface area (Å²) >= 11 is 0. The summed E-state index contributed by atoms with van der Waals surface area (Å²) in [5.74, 6) is -0.252. The van der Waals surface area contributed by atoms with E-state index >= 15 is 0 Å².